The summed E-state index contributed by atoms with van der Waals surface area (Å²) in [5, 5.41) is 9.78. The lowest BCUT2D eigenvalue weighted by molar-refractivity contribution is 0.145. The lowest BCUT2D eigenvalue weighted by Gasteiger charge is -2.30. The molecule has 0 spiro atoms. The third kappa shape index (κ3) is 3.86. The average Bonchev–Trinajstić information content (AvgIpc) is 2.69. The van der Waals surface area contributed by atoms with Crippen LogP contribution in [-0.2, 0) is 0 Å². The Labute approximate surface area is 160 Å². The van der Waals surface area contributed by atoms with Crippen LogP contribution in [0.25, 0.3) is 22.5 Å². The molecule has 3 aromatic rings. The summed E-state index contributed by atoms with van der Waals surface area (Å²) in [7, 11) is 0. The number of benzene rings is 2. The topological polar surface area (TPSA) is 49.2 Å². The fourth-order valence-electron chi connectivity index (χ4n) is 3.46. The Kier molecular flexibility index (Phi) is 4.90. The summed E-state index contributed by atoms with van der Waals surface area (Å²) >= 11 is 0. The highest BCUT2D eigenvalue weighted by Gasteiger charge is 2.20. The minimum atomic E-state index is -0.197. The molecule has 0 aliphatic carbocycles. The predicted octanol–water partition coefficient (Wildman–Crippen LogP) is 4.39. The van der Waals surface area contributed by atoms with Crippen molar-refractivity contribution in [1.29, 1.82) is 0 Å². The van der Waals surface area contributed by atoms with Gasteiger partial charge in [-0.3, -0.25) is 4.98 Å². The molecule has 1 aliphatic rings. The molecule has 27 heavy (non-hydrogen) atoms. The van der Waals surface area contributed by atoms with Gasteiger partial charge in [0.2, 0.25) is 0 Å². The third-order valence-corrected chi connectivity index (χ3v) is 5.20. The van der Waals surface area contributed by atoms with Gasteiger partial charge in [-0.15, -0.1) is 0 Å². The van der Waals surface area contributed by atoms with E-state index in [1.165, 1.54) is 11.1 Å². The first kappa shape index (κ1) is 17.7. The Bertz CT molecular complexity index is 911. The van der Waals surface area contributed by atoms with Crippen molar-refractivity contribution < 1.29 is 5.11 Å². The second-order valence-corrected chi connectivity index (χ2v) is 7.38. The molecule has 0 amide bonds. The number of hydrogen-bond acceptors (Lipinski definition) is 4. The maximum absolute atomic E-state index is 9.78. The summed E-state index contributed by atoms with van der Waals surface area (Å²) < 4.78 is 0. The second kappa shape index (κ2) is 7.49. The van der Waals surface area contributed by atoms with Crippen LogP contribution in [0.15, 0.2) is 54.7 Å². The van der Waals surface area contributed by atoms with Crippen LogP contribution in [0.5, 0.6) is 0 Å². The quantitative estimate of drug-likeness (QED) is 0.753. The first-order valence-corrected chi connectivity index (χ1v) is 9.54. The van der Waals surface area contributed by atoms with Gasteiger partial charge in [0.15, 0.2) is 0 Å². The van der Waals surface area contributed by atoms with Crippen LogP contribution in [0.4, 0.5) is 5.82 Å². The average molecular weight is 359 g/mol. The summed E-state index contributed by atoms with van der Waals surface area (Å²) in [5.41, 5.74) is 6.41. The molecule has 0 unspecified atom stereocenters. The minimum absolute atomic E-state index is 0.197. The third-order valence-electron chi connectivity index (χ3n) is 5.20. The van der Waals surface area contributed by atoms with Gasteiger partial charge in [-0.25, -0.2) is 4.98 Å². The summed E-state index contributed by atoms with van der Waals surface area (Å²) in [6.07, 6.45) is 3.23. The van der Waals surface area contributed by atoms with Gasteiger partial charge in [0, 0.05) is 24.2 Å². The van der Waals surface area contributed by atoms with Crippen LogP contribution < -0.4 is 4.90 Å². The second-order valence-electron chi connectivity index (χ2n) is 7.38. The van der Waals surface area contributed by atoms with E-state index in [1.807, 2.05) is 6.20 Å². The van der Waals surface area contributed by atoms with E-state index in [0.29, 0.717) is 0 Å². The number of piperidine rings is 1. The number of hydrogen-bond donors (Lipinski definition) is 1. The molecular weight excluding hydrogens is 334 g/mol. The Morgan fingerprint density at radius 2 is 1.33 bits per heavy atom. The molecule has 138 valence electrons. The summed E-state index contributed by atoms with van der Waals surface area (Å²) in [4.78, 5) is 12.0. The Balaban J connectivity index is 1.78. The highest BCUT2D eigenvalue weighted by molar-refractivity contribution is 5.79. The summed E-state index contributed by atoms with van der Waals surface area (Å²) in [6, 6.07) is 16.9. The molecule has 0 atom stereocenters. The van der Waals surface area contributed by atoms with Gasteiger partial charge in [0.1, 0.15) is 5.82 Å². The zero-order valence-corrected chi connectivity index (χ0v) is 15.9. The van der Waals surface area contributed by atoms with Gasteiger partial charge in [0.25, 0.3) is 0 Å². The van der Waals surface area contributed by atoms with Crippen molar-refractivity contribution in [3.05, 3.63) is 65.9 Å². The molecule has 4 rings (SSSR count). The number of rotatable bonds is 3. The Morgan fingerprint density at radius 3 is 1.89 bits per heavy atom. The molecule has 0 radical (unpaired) electrons. The van der Waals surface area contributed by atoms with Crippen LogP contribution >= 0.6 is 0 Å². The maximum Gasteiger partial charge on any atom is 0.147 e. The van der Waals surface area contributed by atoms with E-state index < -0.39 is 0 Å². The zero-order chi connectivity index (χ0) is 18.8. The van der Waals surface area contributed by atoms with Crippen LogP contribution in [0.3, 0.4) is 0 Å². The van der Waals surface area contributed by atoms with Gasteiger partial charge in [-0.05, 0) is 26.7 Å². The van der Waals surface area contributed by atoms with Crippen molar-refractivity contribution in [1.82, 2.24) is 9.97 Å². The highest BCUT2D eigenvalue weighted by Crippen LogP contribution is 2.31. The van der Waals surface area contributed by atoms with Crippen LogP contribution in [-0.4, -0.2) is 34.3 Å². The van der Waals surface area contributed by atoms with Gasteiger partial charge >= 0.3 is 0 Å². The Hall–Kier alpha value is -2.72. The highest BCUT2D eigenvalue weighted by atomic mass is 16.3. The van der Waals surface area contributed by atoms with Crippen molar-refractivity contribution in [2.24, 2.45) is 0 Å². The van der Waals surface area contributed by atoms with Crippen LogP contribution in [0.2, 0.25) is 0 Å². The van der Waals surface area contributed by atoms with E-state index in [2.05, 4.69) is 67.3 Å². The standard InChI is InChI=1S/C23H25N3O/c1-16-3-7-18(8-4-16)22-23(19-9-5-17(2)6-10-19)25-21(15-24-22)26-13-11-20(27)12-14-26/h3-10,15,20,27H,11-14H2,1-2H3. The summed E-state index contributed by atoms with van der Waals surface area (Å²) in [6.45, 7) is 5.80. The van der Waals surface area contributed by atoms with Gasteiger partial charge < -0.3 is 10.0 Å². The SMILES string of the molecule is Cc1ccc(-c2ncc(N3CCC(O)CC3)nc2-c2ccc(C)cc2)cc1. The lowest BCUT2D eigenvalue weighted by Crippen LogP contribution is -2.36. The number of aliphatic hydroxyl groups is 1. The normalized spacial score (nSPS) is 15.1. The number of anilines is 1. The Morgan fingerprint density at radius 1 is 0.815 bits per heavy atom. The van der Waals surface area contributed by atoms with E-state index in [9.17, 15) is 5.11 Å². The molecule has 1 aromatic heterocycles. The monoisotopic (exact) mass is 359 g/mol. The first-order chi connectivity index (χ1) is 13.1. The molecule has 4 nitrogen and oxygen atoms in total. The van der Waals surface area contributed by atoms with Crippen molar-refractivity contribution in [2.75, 3.05) is 18.0 Å². The van der Waals surface area contributed by atoms with Crippen LogP contribution in [0, 0.1) is 13.8 Å². The molecule has 0 bridgehead atoms. The van der Waals surface area contributed by atoms with Crippen molar-refractivity contribution in [2.45, 2.75) is 32.8 Å². The molecule has 1 aliphatic heterocycles. The van der Waals surface area contributed by atoms with E-state index in [4.69, 9.17) is 9.97 Å². The number of aryl methyl sites for hydroxylation is 2. The first-order valence-electron chi connectivity index (χ1n) is 9.54. The van der Waals surface area contributed by atoms with E-state index in [0.717, 1.165) is 54.3 Å². The van der Waals surface area contributed by atoms with Crippen LogP contribution in [0.1, 0.15) is 24.0 Å². The van der Waals surface area contributed by atoms with Gasteiger partial charge in [0.05, 0.1) is 23.7 Å². The van der Waals surface area contributed by atoms with Crippen molar-refractivity contribution >= 4 is 5.82 Å². The lowest BCUT2D eigenvalue weighted by atomic mass is 10.0. The predicted molar refractivity (Wildman–Crippen MR) is 110 cm³/mol. The molecule has 0 saturated carbocycles. The van der Waals surface area contributed by atoms with E-state index >= 15 is 0 Å². The van der Waals surface area contributed by atoms with Gasteiger partial charge in [-0.2, -0.15) is 0 Å². The summed E-state index contributed by atoms with van der Waals surface area (Å²) in [5.74, 6) is 0.883. The molecule has 1 N–H and O–H groups in total. The molecule has 1 saturated heterocycles. The maximum atomic E-state index is 9.78. The zero-order valence-electron chi connectivity index (χ0n) is 15.9. The number of nitrogens with zero attached hydrogens (tertiary/aromatic N) is 3. The number of aliphatic hydroxyl groups excluding tert-OH is 1. The van der Waals surface area contributed by atoms with Crippen molar-refractivity contribution in [3.63, 3.8) is 0 Å². The van der Waals surface area contributed by atoms with Crippen molar-refractivity contribution in [3.8, 4) is 22.5 Å². The number of aromatic nitrogens is 2. The minimum Gasteiger partial charge on any atom is -0.393 e. The molecule has 4 heteroatoms. The van der Waals surface area contributed by atoms with Gasteiger partial charge in [-0.1, -0.05) is 59.7 Å². The molecule has 2 heterocycles. The molecule has 1 fully saturated rings. The molecule has 2 aromatic carbocycles. The van der Waals surface area contributed by atoms with E-state index in [1.54, 1.807) is 0 Å². The van der Waals surface area contributed by atoms with E-state index in [-0.39, 0.29) is 6.10 Å². The fourth-order valence-corrected chi connectivity index (χ4v) is 3.46. The smallest absolute Gasteiger partial charge is 0.147 e. The molecular formula is C23H25N3O. The fraction of sp³-hybridized carbons (Fsp3) is 0.304. The largest absolute Gasteiger partial charge is 0.393 e.